The van der Waals surface area contributed by atoms with Gasteiger partial charge in [0.2, 0.25) is 0 Å². The normalized spacial score (nSPS) is 14.4. The molecule has 1 fully saturated rings. The highest BCUT2D eigenvalue weighted by Gasteiger charge is 2.27. The van der Waals surface area contributed by atoms with Crippen molar-refractivity contribution in [3.05, 3.63) is 16.5 Å². The highest BCUT2D eigenvalue weighted by atomic mass is 79.9. The third-order valence-corrected chi connectivity index (χ3v) is 3.79. The summed E-state index contributed by atoms with van der Waals surface area (Å²) < 4.78 is 11.8. The number of nitrogens with zero attached hydrogens (tertiary/aromatic N) is 3. The van der Waals surface area contributed by atoms with Crippen molar-refractivity contribution >= 4 is 21.7 Å². The number of rotatable bonds is 10. The Kier molecular flexibility index (Phi) is 6.86. The van der Waals surface area contributed by atoms with Gasteiger partial charge in [-0.15, -0.1) is 0 Å². The highest BCUT2D eigenvalue weighted by molar-refractivity contribution is 9.10. The molecule has 0 unspecified atom stereocenters. The van der Waals surface area contributed by atoms with Crippen molar-refractivity contribution in [2.45, 2.75) is 32.6 Å². The topological polar surface area (TPSA) is 47.5 Å². The van der Waals surface area contributed by atoms with Gasteiger partial charge in [0, 0.05) is 38.3 Å². The lowest BCUT2D eigenvalue weighted by molar-refractivity contribution is 0.141. The number of aromatic nitrogens is 2. The second-order valence-electron chi connectivity index (χ2n) is 5.06. The van der Waals surface area contributed by atoms with Crippen molar-refractivity contribution < 1.29 is 9.47 Å². The van der Waals surface area contributed by atoms with Gasteiger partial charge in [-0.1, -0.05) is 0 Å². The van der Waals surface area contributed by atoms with Crippen LogP contribution in [0.3, 0.4) is 0 Å². The molecular weight excluding hydrogens is 334 g/mol. The number of hydrogen-bond acceptors (Lipinski definition) is 5. The zero-order valence-electron chi connectivity index (χ0n) is 12.8. The first-order valence-corrected chi connectivity index (χ1v) is 8.48. The van der Waals surface area contributed by atoms with E-state index in [4.69, 9.17) is 14.5 Å². The maximum atomic E-state index is 5.47. The fourth-order valence-electron chi connectivity index (χ4n) is 2.09. The van der Waals surface area contributed by atoms with E-state index in [2.05, 4.69) is 25.8 Å². The minimum atomic E-state index is 0.543. The highest BCUT2D eigenvalue weighted by Crippen LogP contribution is 2.39. The summed E-state index contributed by atoms with van der Waals surface area (Å²) in [6.07, 6.45) is 2.40. The van der Waals surface area contributed by atoms with Crippen LogP contribution in [0.2, 0.25) is 0 Å². The predicted molar refractivity (Wildman–Crippen MR) is 86.9 cm³/mol. The fourth-order valence-corrected chi connectivity index (χ4v) is 2.47. The maximum absolute atomic E-state index is 5.47. The van der Waals surface area contributed by atoms with Crippen molar-refractivity contribution in [3.63, 3.8) is 0 Å². The molecule has 0 N–H and O–H groups in total. The first-order valence-electron chi connectivity index (χ1n) is 7.69. The first-order chi connectivity index (χ1) is 10.2. The van der Waals surface area contributed by atoms with Crippen molar-refractivity contribution in [1.29, 1.82) is 0 Å². The second-order valence-corrected chi connectivity index (χ2v) is 5.87. The molecule has 0 aromatic carbocycles. The molecule has 1 aliphatic carbocycles. The second kappa shape index (κ2) is 8.66. The molecule has 6 heteroatoms. The van der Waals surface area contributed by atoms with E-state index in [1.165, 1.54) is 12.8 Å². The molecule has 0 amide bonds. The van der Waals surface area contributed by atoms with Gasteiger partial charge in [0.15, 0.2) is 0 Å². The predicted octanol–water partition coefficient (Wildman–Crippen LogP) is 3.00. The van der Waals surface area contributed by atoms with Crippen molar-refractivity contribution in [2.24, 2.45) is 0 Å². The summed E-state index contributed by atoms with van der Waals surface area (Å²) >= 11 is 3.50. The van der Waals surface area contributed by atoms with E-state index < -0.39 is 0 Å². The molecule has 1 saturated carbocycles. The largest absolute Gasteiger partial charge is 0.380 e. The molecule has 0 bridgehead atoms. The third kappa shape index (κ3) is 5.52. The Bertz CT molecular complexity index is 431. The average molecular weight is 358 g/mol. The van der Waals surface area contributed by atoms with Gasteiger partial charge in [-0.3, -0.25) is 0 Å². The van der Waals surface area contributed by atoms with Gasteiger partial charge in [0.1, 0.15) is 16.2 Å². The zero-order chi connectivity index (χ0) is 15.1. The summed E-state index contributed by atoms with van der Waals surface area (Å²) in [5, 5.41) is 0. The monoisotopic (exact) mass is 357 g/mol. The summed E-state index contributed by atoms with van der Waals surface area (Å²) in [7, 11) is 0. The van der Waals surface area contributed by atoms with E-state index in [9.17, 15) is 0 Å². The fraction of sp³-hybridized carbons (Fsp3) is 0.733. The standard InChI is InChI=1S/C15H24BrN3O2/c1-3-20-9-7-19(8-10-21-4-2)14-11-13(16)17-15(18-14)12-5-6-12/h11-12H,3-10H2,1-2H3. The van der Waals surface area contributed by atoms with Gasteiger partial charge < -0.3 is 14.4 Å². The molecule has 21 heavy (non-hydrogen) atoms. The molecule has 0 atom stereocenters. The number of ether oxygens (including phenoxy) is 2. The number of hydrogen-bond donors (Lipinski definition) is 0. The van der Waals surface area contributed by atoms with Crippen molar-refractivity contribution in [1.82, 2.24) is 9.97 Å². The Labute approximate surface area is 135 Å². The SMILES string of the molecule is CCOCCN(CCOCC)c1cc(Br)nc(C2CC2)n1. The van der Waals surface area contributed by atoms with Crippen LogP contribution in [0.15, 0.2) is 10.7 Å². The Hall–Kier alpha value is -0.720. The van der Waals surface area contributed by atoms with E-state index in [0.29, 0.717) is 19.1 Å². The summed E-state index contributed by atoms with van der Waals surface area (Å²) in [4.78, 5) is 11.4. The maximum Gasteiger partial charge on any atom is 0.135 e. The average Bonchev–Trinajstić information content (AvgIpc) is 3.30. The van der Waals surface area contributed by atoms with Gasteiger partial charge in [-0.25, -0.2) is 9.97 Å². The van der Waals surface area contributed by atoms with E-state index >= 15 is 0 Å². The molecule has 0 aliphatic heterocycles. The van der Waals surface area contributed by atoms with Crippen LogP contribution >= 0.6 is 15.9 Å². The molecule has 0 spiro atoms. The summed E-state index contributed by atoms with van der Waals surface area (Å²) in [6.45, 7) is 8.52. The van der Waals surface area contributed by atoms with E-state index in [1.54, 1.807) is 0 Å². The van der Waals surface area contributed by atoms with Crippen LogP contribution in [0.5, 0.6) is 0 Å². The van der Waals surface area contributed by atoms with Crippen LogP contribution in [-0.4, -0.2) is 49.5 Å². The lowest BCUT2D eigenvalue weighted by atomic mass is 10.3. The van der Waals surface area contributed by atoms with Gasteiger partial charge in [0.25, 0.3) is 0 Å². The minimum absolute atomic E-state index is 0.543. The van der Waals surface area contributed by atoms with Gasteiger partial charge >= 0.3 is 0 Å². The molecular formula is C15H24BrN3O2. The van der Waals surface area contributed by atoms with Crippen LogP contribution in [0.25, 0.3) is 0 Å². The van der Waals surface area contributed by atoms with Crippen LogP contribution in [0, 0.1) is 0 Å². The third-order valence-electron chi connectivity index (χ3n) is 3.38. The summed E-state index contributed by atoms with van der Waals surface area (Å²) in [5.41, 5.74) is 0. The lowest BCUT2D eigenvalue weighted by Crippen LogP contribution is -2.32. The van der Waals surface area contributed by atoms with Crippen molar-refractivity contribution in [2.75, 3.05) is 44.4 Å². The first kappa shape index (κ1) is 16.6. The van der Waals surface area contributed by atoms with E-state index in [0.717, 1.165) is 42.5 Å². The molecule has 118 valence electrons. The molecule has 2 rings (SSSR count). The summed E-state index contributed by atoms with van der Waals surface area (Å²) in [6, 6.07) is 1.98. The van der Waals surface area contributed by atoms with Crippen molar-refractivity contribution in [3.8, 4) is 0 Å². The molecule has 1 aromatic heterocycles. The van der Waals surface area contributed by atoms with Crippen LogP contribution in [0.1, 0.15) is 38.4 Å². The van der Waals surface area contributed by atoms with E-state index in [1.807, 2.05) is 19.9 Å². The molecule has 1 heterocycles. The Morgan fingerprint density at radius 2 is 1.76 bits per heavy atom. The Balaban J connectivity index is 2.05. The quantitative estimate of drug-likeness (QED) is 0.475. The summed E-state index contributed by atoms with van der Waals surface area (Å²) in [5.74, 6) is 2.46. The van der Waals surface area contributed by atoms with Gasteiger partial charge in [0.05, 0.1) is 13.2 Å². The number of halogens is 1. The van der Waals surface area contributed by atoms with Crippen LogP contribution in [-0.2, 0) is 9.47 Å². The van der Waals surface area contributed by atoms with Crippen LogP contribution in [0.4, 0.5) is 5.82 Å². The Morgan fingerprint density at radius 3 is 2.29 bits per heavy atom. The van der Waals surface area contributed by atoms with Crippen LogP contribution < -0.4 is 4.90 Å². The molecule has 5 nitrogen and oxygen atoms in total. The molecule has 0 radical (unpaired) electrons. The lowest BCUT2D eigenvalue weighted by Gasteiger charge is -2.24. The number of anilines is 1. The van der Waals surface area contributed by atoms with E-state index in [-0.39, 0.29) is 0 Å². The smallest absolute Gasteiger partial charge is 0.135 e. The molecule has 1 aliphatic rings. The van der Waals surface area contributed by atoms with Gasteiger partial charge in [-0.2, -0.15) is 0 Å². The van der Waals surface area contributed by atoms with Gasteiger partial charge in [-0.05, 0) is 42.6 Å². The minimum Gasteiger partial charge on any atom is -0.380 e. The Morgan fingerprint density at radius 1 is 1.14 bits per heavy atom. The molecule has 1 aromatic rings. The molecule has 0 saturated heterocycles. The zero-order valence-corrected chi connectivity index (χ0v) is 14.4.